The summed E-state index contributed by atoms with van der Waals surface area (Å²) in [6.45, 7) is 5.67. The fourth-order valence-corrected chi connectivity index (χ4v) is 2.44. The van der Waals surface area contributed by atoms with E-state index < -0.39 is 0 Å². The van der Waals surface area contributed by atoms with Gasteiger partial charge in [-0.1, -0.05) is 48.8 Å². The Hall–Kier alpha value is -2.05. The van der Waals surface area contributed by atoms with Crippen LogP contribution in [0, 0.1) is 0 Å². The molecule has 0 spiro atoms. The molecule has 0 bridgehead atoms. The van der Waals surface area contributed by atoms with E-state index in [9.17, 15) is 4.79 Å². The maximum atomic E-state index is 12.5. The van der Waals surface area contributed by atoms with Crippen LogP contribution >= 0.6 is 11.6 Å². The van der Waals surface area contributed by atoms with Crippen molar-refractivity contribution >= 4 is 17.6 Å². The first-order valence-corrected chi connectivity index (χ1v) is 8.59. The molecule has 136 valence electrons. The molecule has 0 aliphatic carbocycles. The van der Waals surface area contributed by atoms with Crippen LogP contribution in [-0.2, 0) is 17.8 Å². The van der Waals surface area contributed by atoms with Crippen molar-refractivity contribution in [2.75, 3.05) is 20.3 Å². The first-order chi connectivity index (χ1) is 12.0. The van der Waals surface area contributed by atoms with Crippen LogP contribution < -0.4 is 5.32 Å². The molecular formula is C18H24ClN3O3. The van der Waals surface area contributed by atoms with Gasteiger partial charge >= 0.3 is 6.03 Å². The zero-order valence-corrected chi connectivity index (χ0v) is 15.5. The van der Waals surface area contributed by atoms with Crippen LogP contribution in [0.1, 0.15) is 36.8 Å². The Morgan fingerprint density at radius 1 is 1.40 bits per heavy atom. The highest BCUT2D eigenvalue weighted by Crippen LogP contribution is 2.17. The summed E-state index contributed by atoms with van der Waals surface area (Å²) < 4.78 is 10.3. The Balaban J connectivity index is 1.98. The lowest BCUT2D eigenvalue weighted by Gasteiger charge is -2.23. The summed E-state index contributed by atoms with van der Waals surface area (Å²) in [7, 11) is 1.60. The number of urea groups is 1. The number of nitrogens with zero attached hydrogens (tertiary/aromatic N) is 2. The van der Waals surface area contributed by atoms with Crippen molar-refractivity contribution in [3.63, 3.8) is 0 Å². The van der Waals surface area contributed by atoms with E-state index >= 15 is 0 Å². The summed E-state index contributed by atoms with van der Waals surface area (Å²) in [6, 6.07) is 9.13. The van der Waals surface area contributed by atoms with Gasteiger partial charge in [-0.15, -0.1) is 0 Å². The van der Waals surface area contributed by atoms with Gasteiger partial charge in [0.05, 0.1) is 18.8 Å². The minimum atomic E-state index is -0.209. The molecule has 0 fully saturated rings. The molecule has 0 unspecified atom stereocenters. The molecule has 0 atom stereocenters. The number of ether oxygens (including phenoxy) is 1. The number of carbonyl (C=O) groups excluding carboxylic acids is 1. The Morgan fingerprint density at radius 2 is 2.16 bits per heavy atom. The topological polar surface area (TPSA) is 67.6 Å². The van der Waals surface area contributed by atoms with Gasteiger partial charge < -0.3 is 19.5 Å². The number of aromatic nitrogens is 1. The van der Waals surface area contributed by atoms with Gasteiger partial charge in [0, 0.05) is 31.3 Å². The van der Waals surface area contributed by atoms with E-state index in [4.69, 9.17) is 20.9 Å². The Labute approximate surface area is 153 Å². The fourth-order valence-electron chi connectivity index (χ4n) is 2.25. The lowest BCUT2D eigenvalue weighted by molar-refractivity contribution is 0.146. The Morgan fingerprint density at radius 3 is 2.80 bits per heavy atom. The molecule has 1 N–H and O–H groups in total. The number of amides is 2. The van der Waals surface area contributed by atoms with Crippen LogP contribution in [-0.4, -0.2) is 36.3 Å². The first kappa shape index (κ1) is 19.3. The van der Waals surface area contributed by atoms with Crippen molar-refractivity contribution in [3.8, 4) is 0 Å². The molecule has 2 amide bonds. The summed E-state index contributed by atoms with van der Waals surface area (Å²) in [5.74, 6) is 0.910. The average Bonchev–Trinajstić information content (AvgIpc) is 3.07. The molecule has 0 saturated carbocycles. The molecular weight excluding hydrogens is 342 g/mol. The van der Waals surface area contributed by atoms with Crippen LogP contribution in [0.4, 0.5) is 4.79 Å². The number of rotatable bonds is 8. The van der Waals surface area contributed by atoms with Crippen molar-refractivity contribution in [2.45, 2.75) is 32.9 Å². The quantitative estimate of drug-likeness (QED) is 0.772. The summed E-state index contributed by atoms with van der Waals surface area (Å²) in [4.78, 5) is 14.2. The van der Waals surface area contributed by atoms with Gasteiger partial charge in [0.2, 0.25) is 0 Å². The van der Waals surface area contributed by atoms with Crippen LogP contribution in [0.5, 0.6) is 0 Å². The first-order valence-electron chi connectivity index (χ1n) is 8.22. The zero-order chi connectivity index (χ0) is 18.2. The van der Waals surface area contributed by atoms with E-state index in [1.54, 1.807) is 12.0 Å². The molecule has 2 aromatic rings. The number of hydrogen-bond acceptors (Lipinski definition) is 4. The fraction of sp³-hybridized carbons (Fsp3) is 0.444. The van der Waals surface area contributed by atoms with Gasteiger partial charge in [-0.05, 0) is 17.5 Å². The van der Waals surface area contributed by atoms with E-state index in [2.05, 4.69) is 10.5 Å². The second kappa shape index (κ2) is 9.44. The predicted molar refractivity (Wildman–Crippen MR) is 96.6 cm³/mol. The normalized spacial score (nSPS) is 10.9. The standard InChI is InChI=1S/C18H24ClN3O3/c1-13(2)17-10-15(25-21-17)11-20-18(23)22(8-9-24-3)12-14-6-4-5-7-16(14)19/h4-7,10,13H,8-9,11-12H2,1-3H3,(H,20,23). The minimum absolute atomic E-state index is 0.209. The summed E-state index contributed by atoms with van der Waals surface area (Å²) in [6.07, 6.45) is 0. The number of nitrogens with one attached hydrogen (secondary N) is 1. The smallest absolute Gasteiger partial charge is 0.318 e. The lowest BCUT2D eigenvalue weighted by Crippen LogP contribution is -2.41. The van der Waals surface area contributed by atoms with Crippen LogP contribution in [0.25, 0.3) is 0 Å². The third-order valence-corrected chi connectivity index (χ3v) is 4.12. The van der Waals surface area contributed by atoms with Gasteiger partial charge in [0.1, 0.15) is 0 Å². The van der Waals surface area contributed by atoms with E-state index in [-0.39, 0.29) is 18.5 Å². The van der Waals surface area contributed by atoms with Crippen LogP contribution in [0.15, 0.2) is 34.9 Å². The van der Waals surface area contributed by atoms with E-state index in [1.165, 1.54) is 0 Å². The number of benzene rings is 1. The highest BCUT2D eigenvalue weighted by molar-refractivity contribution is 6.31. The molecule has 1 aromatic carbocycles. The van der Waals surface area contributed by atoms with Crippen LogP contribution in [0.3, 0.4) is 0 Å². The molecule has 1 heterocycles. The SMILES string of the molecule is COCCN(Cc1ccccc1Cl)C(=O)NCc1cc(C(C)C)no1. The monoisotopic (exact) mass is 365 g/mol. The van der Waals surface area contributed by atoms with E-state index in [0.717, 1.165) is 11.3 Å². The van der Waals surface area contributed by atoms with Gasteiger partial charge in [-0.3, -0.25) is 0 Å². The maximum Gasteiger partial charge on any atom is 0.318 e. The Kier molecular flexibility index (Phi) is 7.28. The number of carbonyl (C=O) groups is 1. The van der Waals surface area contributed by atoms with E-state index in [1.807, 2.05) is 44.2 Å². The number of methoxy groups -OCH3 is 1. The second-order valence-corrected chi connectivity index (χ2v) is 6.44. The Bertz CT molecular complexity index is 688. The zero-order valence-electron chi connectivity index (χ0n) is 14.8. The molecule has 0 saturated heterocycles. The highest BCUT2D eigenvalue weighted by atomic mass is 35.5. The number of halogens is 1. The van der Waals surface area contributed by atoms with Crippen molar-refractivity contribution in [2.24, 2.45) is 0 Å². The number of hydrogen-bond donors (Lipinski definition) is 1. The van der Waals surface area contributed by atoms with Crippen molar-refractivity contribution in [1.82, 2.24) is 15.4 Å². The summed E-state index contributed by atoms with van der Waals surface area (Å²) in [5.41, 5.74) is 1.76. The summed E-state index contributed by atoms with van der Waals surface area (Å²) in [5, 5.41) is 7.48. The predicted octanol–water partition coefficient (Wildman–Crippen LogP) is 3.81. The van der Waals surface area contributed by atoms with Crippen molar-refractivity contribution in [1.29, 1.82) is 0 Å². The third-order valence-electron chi connectivity index (χ3n) is 3.75. The van der Waals surface area contributed by atoms with Gasteiger partial charge in [-0.2, -0.15) is 0 Å². The highest BCUT2D eigenvalue weighted by Gasteiger charge is 2.16. The van der Waals surface area contributed by atoms with Gasteiger partial charge in [0.15, 0.2) is 5.76 Å². The minimum Gasteiger partial charge on any atom is -0.383 e. The molecule has 0 radical (unpaired) electrons. The summed E-state index contributed by atoms with van der Waals surface area (Å²) >= 11 is 6.20. The lowest BCUT2D eigenvalue weighted by atomic mass is 10.1. The van der Waals surface area contributed by atoms with E-state index in [0.29, 0.717) is 30.5 Å². The van der Waals surface area contributed by atoms with Crippen LogP contribution in [0.2, 0.25) is 5.02 Å². The molecule has 0 aliphatic rings. The van der Waals surface area contributed by atoms with Crippen molar-refractivity contribution < 1.29 is 14.1 Å². The molecule has 25 heavy (non-hydrogen) atoms. The van der Waals surface area contributed by atoms with Gasteiger partial charge in [-0.25, -0.2) is 4.79 Å². The molecule has 6 nitrogen and oxygen atoms in total. The molecule has 1 aromatic heterocycles. The third kappa shape index (κ3) is 5.76. The van der Waals surface area contributed by atoms with Gasteiger partial charge in [0.25, 0.3) is 0 Å². The van der Waals surface area contributed by atoms with Crippen molar-refractivity contribution in [3.05, 3.63) is 52.4 Å². The molecule has 7 heteroatoms. The maximum absolute atomic E-state index is 12.5. The largest absolute Gasteiger partial charge is 0.383 e. The molecule has 2 rings (SSSR count). The average molecular weight is 366 g/mol. The second-order valence-electron chi connectivity index (χ2n) is 6.04. The molecule has 0 aliphatic heterocycles.